The molecule has 0 saturated carbocycles. The monoisotopic (exact) mass is 334 g/mol. The van der Waals surface area contributed by atoms with Crippen LogP contribution in [0.2, 0.25) is 0 Å². The number of amides is 1. The van der Waals surface area contributed by atoms with Gasteiger partial charge < -0.3 is 18.8 Å². The number of hydrogen-bond acceptors (Lipinski definition) is 8. The number of methoxy groups -OCH3 is 1. The highest BCUT2D eigenvalue weighted by Gasteiger charge is 2.31. The largest absolute Gasteiger partial charge is 0.480 e. The van der Waals surface area contributed by atoms with Gasteiger partial charge in [-0.05, 0) is 6.07 Å². The molecule has 3 heterocycles. The lowest BCUT2D eigenvalue weighted by Gasteiger charge is -2.15. The van der Waals surface area contributed by atoms with Crippen molar-refractivity contribution in [3.8, 4) is 11.8 Å². The highest BCUT2D eigenvalue weighted by Crippen LogP contribution is 2.22. The Kier molecular flexibility index (Phi) is 4.27. The van der Waals surface area contributed by atoms with Crippen LogP contribution in [0, 0.1) is 10.1 Å². The normalized spacial score (nSPS) is 16.9. The van der Waals surface area contributed by atoms with Gasteiger partial charge in [0.05, 0.1) is 19.7 Å². The minimum Gasteiger partial charge on any atom is -0.480 e. The standard InChI is InChI=1S/C14H14N4O6/c1-22-11-3-4-12(16-15-11)23-9-6-7-17(8-9)14(19)10-2-5-13(24-10)18(20)21/h2-5,9H,6-8H2,1H3. The smallest absolute Gasteiger partial charge is 0.433 e. The molecule has 10 nitrogen and oxygen atoms in total. The zero-order chi connectivity index (χ0) is 17.1. The Balaban J connectivity index is 1.59. The molecule has 3 rings (SSSR count). The highest BCUT2D eigenvalue weighted by molar-refractivity contribution is 5.92. The summed E-state index contributed by atoms with van der Waals surface area (Å²) in [4.78, 5) is 23.7. The SMILES string of the molecule is COc1ccc(OC2CCN(C(=O)c3ccc([N+](=O)[O-])o3)C2)nn1. The Hall–Kier alpha value is -3.17. The van der Waals surface area contributed by atoms with E-state index < -0.39 is 16.7 Å². The van der Waals surface area contributed by atoms with E-state index >= 15 is 0 Å². The first-order chi connectivity index (χ1) is 11.6. The summed E-state index contributed by atoms with van der Waals surface area (Å²) in [5, 5.41) is 18.3. The molecule has 2 aromatic rings. The van der Waals surface area contributed by atoms with Crippen LogP contribution in [-0.4, -0.2) is 52.2 Å². The van der Waals surface area contributed by atoms with Gasteiger partial charge in [0.1, 0.15) is 11.0 Å². The molecular weight excluding hydrogens is 320 g/mol. The lowest BCUT2D eigenvalue weighted by atomic mass is 10.3. The summed E-state index contributed by atoms with van der Waals surface area (Å²) in [6.45, 7) is 0.794. The molecule has 1 unspecified atom stereocenters. The van der Waals surface area contributed by atoms with Gasteiger partial charge in [0, 0.05) is 25.1 Å². The number of aromatic nitrogens is 2. The molecular formula is C14H14N4O6. The molecule has 0 spiro atoms. The van der Waals surface area contributed by atoms with Crippen molar-refractivity contribution in [3.05, 3.63) is 40.1 Å². The summed E-state index contributed by atoms with van der Waals surface area (Å²) in [6.07, 6.45) is 0.379. The molecule has 0 aromatic carbocycles. The summed E-state index contributed by atoms with van der Waals surface area (Å²) >= 11 is 0. The van der Waals surface area contributed by atoms with Gasteiger partial charge in [-0.3, -0.25) is 14.9 Å². The quantitative estimate of drug-likeness (QED) is 0.592. The van der Waals surface area contributed by atoms with Crippen LogP contribution in [0.15, 0.2) is 28.7 Å². The highest BCUT2D eigenvalue weighted by atomic mass is 16.6. The molecule has 1 aliphatic heterocycles. The fourth-order valence-electron chi connectivity index (χ4n) is 2.36. The lowest BCUT2D eigenvalue weighted by molar-refractivity contribution is -0.402. The fourth-order valence-corrected chi connectivity index (χ4v) is 2.36. The molecule has 1 aliphatic rings. The van der Waals surface area contributed by atoms with Gasteiger partial charge >= 0.3 is 5.88 Å². The number of likely N-dealkylation sites (tertiary alicyclic amines) is 1. The van der Waals surface area contributed by atoms with Gasteiger partial charge in [-0.25, -0.2) is 0 Å². The third-order valence-electron chi connectivity index (χ3n) is 3.53. The van der Waals surface area contributed by atoms with E-state index in [1.807, 2.05) is 0 Å². The van der Waals surface area contributed by atoms with Crippen molar-refractivity contribution in [2.45, 2.75) is 12.5 Å². The van der Waals surface area contributed by atoms with Crippen molar-refractivity contribution in [3.63, 3.8) is 0 Å². The molecule has 126 valence electrons. The number of carbonyl (C=O) groups excluding carboxylic acids is 1. The zero-order valence-electron chi connectivity index (χ0n) is 12.7. The van der Waals surface area contributed by atoms with E-state index in [0.29, 0.717) is 31.3 Å². The average Bonchev–Trinajstić information content (AvgIpc) is 3.24. The van der Waals surface area contributed by atoms with E-state index in [9.17, 15) is 14.9 Å². The number of hydrogen-bond donors (Lipinski definition) is 0. The maximum absolute atomic E-state index is 12.3. The average molecular weight is 334 g/mol. The van der Waals surface area contributed by atoms with Gasteiger partial charge in [-0.2, -0.15) is 0 Å². The first-order valence-corrected chi connectivity index (χ1v) is 7.14. The van der Waals surface area contributed by atoms with Crippen LogP contribution in [0.4, 0.5) is 5.88 Å². The first-order valence-electron chi connectivity index (χ1n) is 7.14. The van der Waals surface area contributed by atoms with Gasteiger partial charge in [0.25, 0.3) is 5.91 Å². The summed E-state index contributed by atoms with van der Waals surface area (Å²) in [5.74, 6) is -0.214. The Bertz CT molecular complexity index is 744. The molecule has 1 amide bonds. The topological polar surface area (TPSA) is 121 Å². The van der Waals surface area contributed by atoms with Crippen molar-refractivity contribution < 1.29 is 23.6 Å². The molecule has 0 N–H and O–H groups in total. The Morgan fingerprint density at radius 2 is 2.08 bits per heavy atom. The summed E-state index contributed by atoms with van der Waals surface area (Å²) in [7, 11) is 1.49. The van der Waals surface area contributed by atoms with Crippen LogP contribution < -0.4 is 9.47 Å². The lowest BCUT2D eigenvalue weighted by Crippen LogP contribution is -2.30. The van der Waals surface area contributed by atoms with Crippen LogP contribution in [0.3, 0.4) is 0 Å². The van der Waals surface area contributed by atoms with Crippen LogP contribution in [-0.2, 0) is 0 Å². The third kappa shape index (κ3) is 3.26. The second-order valence-electron chi connectivity index (χ2n) is 5.09. The maximum atomic E-state index is 12.3. The Morgan fingerprint density at radius 1 is 1.33 bits per heavy atom. The van der Waals surface area contributed by atoms with E-state index in [4.69, 9.17) is 13.9 Å². The van der Waals surface area contributed by atoms with E-state index in [0.717, 1.165) is 6.07 Å². The zero-order valence-corrected chi connectivity index (χ0v) is 12.7. The number of furan rings is 1. The Labute approximate surface area is 136 Å². The van der Waals surface area contributed by atoms with Crippen LogP contribution in [0.25, 0.3) is 0 Å². The summed E-state index contributed by atoms with van der Waals surface area (Å²) in [5.41, 5.74) is 0. The maximum Gasteiger partial charge on any atom is 0.433 e. The molecule has 0 aliphatic carbocycles. The molecule has 10 heteroatoms. The molecule has 1 saturated heterocycles. The third-order valence-corrected chi connectivity index (χ3v) is 3.53. The number of nitrogens with zero attached hydrogens (tertiary/aromatic N) is 4. The number of carbonyl (C=O) groups is 1. The summed E-state index contributed by atoms with van der Waals surface area (Å²) in [6, 6.07) is 5.71. The molecule has 0 bridgehead atoms. The van der Waals surface area contributed by atoms with Crippen molar-refractivity contribution >= 4 is 11.8 Å². The van der Waals surface area contributed by atoms with Crippen LogP contribution >= 0.6 is 0 Å². The molecule has 0 radical (unpaired) electrons. The van der Waals surface area contributed by atoms with Crippen LogP contribution in [0.5, 0.6) is 11.8 Å². The minimum absolute atomic E-state index is 0.0633. The van der Waals surface area contributed by atoms with Gasteiger partial charge in [0.2, 0.25) is 11.8 Å². The number of nitro groups is 1. The predicted octanol–water partition coefficient (Wildman–Crippen LogP) is 1.28. The van der Waals surface area contributed by atoms with Crippen molar-refractivity contribution in [1.29, 1.82) is 0 Å². The molecule has 24 heavy (non-hydrogen) atoms. The molecule has 2 aromatic heterocycles. The second-order valence-corrected chi connectivity index (χ2v) is 5.09. The summed E-state index contributed by atoms with van der Waals surface area (Å²) < 4.78 is 15.5. The van der Waals surface area contributed by atoms with Crippen molar-refractivity contribution in [2.24, 2.45) is 0 Å². The van der Waals surface area contributed by atoms with E-state index in [1.54, 1.807) is 12.1 Å². The van der Waals surface area contributed by atoms with Gasteiger partial charge in [0.15, 0.2) is 5.76 Å². The first kappa shape index (κ1) is 15.7. The molecule has 1 atom stereocenters. The molecule has 1 fully saturated rings. The van der Waals surface area contributed by atoms with E-state index in [-0.39, 0.29) is 11.9 Å². The van der Waals surface area contributed by atoms with Crippen molar-refractivity contribution in [1.82, 2.24) is 15.1 Å². The minimum atomic E-state index is -0.685. The van der Waals surface area contributed by atoms with Crippen LogP contribution in [0.1, 0.15) is 17.0 Å². The van der Waals surface area contributed by atoms with Gasteiger partial charge in [-0.15, -0.1) is 10.2 Å². The van der Waals surface area contributed by atoms with Gasteiger partial charge in [-0.1, -0.05) is 0 Å². The van der Waals surface area contributed by atoms with E-state index in [2.05, 4.69) is 10.2 Å². The number of ether oxygens (including phenoxy) is 2. The second kappa shape index (κ2) is 6.52. The van der Waals surface area contributed by atoms with Crippen molar-refractivity contribution in [2.75, 3.05) is 20.2 Å². The Morgan fingerprint density at radius 3 is 2.71 bits per heavy atom. The fraction of sp³-hybridized carbons (Fsp3) is 0.357. The van der Waals surface area contributed by atoms with E-state index in [1.165, 1.54) is 18.1 Å². The number of rotatable bonds is 5. The predicted molar refractivity (Wildman–Crippen MR) is 78.9 cm³/mol.